The number of oxime groups is 1. The Morgan fingerprint density at radius 3 is 1.93 bits per heavy atom. The molecule has 3 nitrogen and oxygen atoms in total. The van der Waals surface area contributed by atoms with Crippen LogP contribution in [0.4, 0.5) is 0 Å². The molecule has 136 valence electrons. The van der Waals surface area contributed by atoms with Gasteiger partial charge in [0.25, 0.3) is 0 Å². The Balaban J connectivity index is 1.70. The Morgan fingerprint density at radius 2 is 1.33 bits per heavy atom. The maximum Gasteiger partial charge on any atom is 0.121 e. The summed E-state index contributed by atoms with van der Waals surface area (Å²) in [6, 6.07) is 32.1. The molecule has 4 rings (SSSR count). The lowest BCUT2D eigenvalue weighted by molar-refractivity contribution is -0.742. The molecule has 0 amide bonds. The summed E-state index contributed by atoms with van der Waals surface area (Å²) >= 11 is 0. The molecular formula is C24H25N2O+. The van der Waals surface area contributed by atoms with E-state index in [0.29, 0.717) is 0 Å². The fourth-order valence-electron chi connectivity index (χ4n) is 4.21. The first-order chi connectivity index (χ1) is 13.3. The van der Waals surface area contributed by atoms with Crippen molar-refractivity contribution in [3.05, 3.63) is 108 Å². The van der Waals surface area contributed by atoms with E-state index in [1.54, 1.807) is 0 Å². The molecule has 3 heteroatoms. The molecule has 0 spiro atoms. The average molecular weight is 357 g/mol. The van der Waals surface area contributed by atoms with Crippen molar-refractivity contribution in [2.75, 3.05) is 0 Å². The Labute approximate surface area is 160 Å². The largest absolute Gasteiger partial charge is 0.411 e. The van der Waals surface area contributed by atoms with Gasteiger partial charge in [0.2, 0.25) is 0 Å². The highest BCUT2D eigenvalue weighted by atomic mass is 16.4. The number of hydrogen-bond donors (Lipinski definition) is 2. The smallest absolute Gasteiger partial charge is 0.121 e. The van der Waals surface area contributed by atoms with Crippen molar-refractivity contribution in [2.45, 2.75) is 24.9 Å². The third-order valence-corrected chi connectivity index (χ3v) is 5.57. The highest BCUT2D eigenvalue weighted by Gasteiger charge is 2.40. The molecule has 1 heterocycles. The van der Waals surface area contributed by atoms with E-state index in [0.717, 1.165) is 18.6 Å². The van der Waals surface area contributed by atoms with Gasteiger partial charge in [-0.25, -0.2) is 0 Å². The number of benzene rings is 3. The van der Waals surface area contributed by atoms with E-state index >= 15 is 0 Å². The summed E-state index contributed by atoms with van der Waals surface area (Å²) in [5.41, 5.74) is 4.72. The standard InChI is InChI=1S/C24H24N2O/c27-26-23-17-22(19-12-6-2-7-13-19)25-24(20-14-8-3-9-15-20)21(23)16-18-10-4-1-5-11-18/h1-15,21-22,24-25,27H,16-17H2/p+1/b26-23-/t21-,22+,24-/m1/s1. The lowest BCUT2D eigenvalue weighted by atomic mass is 9.77. The predicted molar refractivity (Wildman–Crippen MR) is 108 cm³/mol. The zero-order valence-corrected chi connectivity index (χ0v) is 15.3. The molecule has 1 aliphatic rings. The van der Waals surface area contributed by atoms with Crippen molar-refractivity contribution in [1.82, 2.24) is 0 Å². The van der Waals surface area contributed by atoms with Gasteiger partial charge in [-0.05, 0) is 12.0 Å². The molecule has 0 bridgehead atoms. The second-order valence-electron chi connectivity index (χ2n) is 7.24. The summed E-state index contributed by atoms with van der Waals surface area (Å²) in [6.07, 6.45) is 1.64. The highest BCUT2D eigenvalue weighted by molar-refractivity contribution is 5.88. The molecule has 1 aliphatic heterocycles. The molecule has 27 heavy (non-hydrogen) atoms. The van der Waals surface area contributed by atoms with Crippen LogP contribution in [-0.2, 0) is 6.42 Å². The lowest BCUT2D eigenvalue weighted by Gasteiger charge is -2.35. The maximum absolute atomic E-state index is 9.84. The van der Waals surface area contributed by atoms with Gasteiger partial charge in [0, 0.05) is 17.5 Å². The normalized spacial score (nSPS) is 24.0. The molecule has 1 saturated heterocycles. The van der Waals surface area contributed by atoms with Gasteiger partial charge in [0.1, 0.15) is 12.1 Å². The van der Waals surface area contributed by atoms with E-state index in [4.69, 9.17) is 0 Å². The Morgan fingerprint density at radius 1 is 0.778 bits per heavy atom. The minimum absolute atomic E-state index is 0.166. The molecular weight excluding hydrogens is 332 g/mol. The lowest BCUT2D eigenvalue weighted by Crippen LogP contribution is -2.90. The Hall–Kier alpha value is -2.91. The van der Waals surface area contributed by atoms with E-state index in [9.17, 15) is 5.21 Å². The molecule has 1 fully saturated rings. The highest BCUT2D eigenvalue weighted by Crippen LogP contribution is 2.32. The van der Waals surface area contributed by atoms with Gasteiger partial charge < -0.3 is 10.5 Å². The van der Waals surface area contributed by atoms with Crippen LogP contribution in [0.15, 0.2) is 96.2 Å². The second kappa shape index (κ2) is 8.19. The molecule has 3 N–H and O–H groups in total. The second-order valence-corrected chi connectivity index (χ2v) is 7.24. The summed E-state index contributed by atoms with van der Waals surface area (Å²) < 4.78 is 0. The molecule has 3 aromatic rings. The molecule has 0 radical (unpaired) electrons. The third kappa shape index (κ3) is 3.93. The van der Waals surface area contributed by atoms with Crippen LogP contribution in [0.3, 0.4) is 0 Å². The molecule has 3 atom stereocenters. The van der Waals surface area contributed by atoms with Gasteiger partial charge in [0.15, 0.2) is 0 Å². The molecule has 0 aromatic heterocycles. The van der Waals surface area contributed by atoms with Crippen molar-refractivity contribution >= 4 is 5.71 Å². The van der Waals surface area contributed by atoms with Crippen LogP contribution in [0.25, 0.3) is 0 Å². The van der Waals surface area contributed by atoms with E-state index in [2.05, 4.69) is 83.3 Å². The van der Waals surface area contributed by atoms with Crippen LogP contribution in [0, 0.1) is 5.92 Å². The van der Waals surface area contributed by atoms with E-state index in [1.165, 1.54) is 16.7 Å². The molecule has 0 saturated carbocycles. The first-order valence-electron chi connectivity index (χ1n) is 9.55. The van der Waals surface area contributed by atoms with Crippen molar-refractivity contribution < 1.29 is 10.5 Å². The van der Waals surface area contributed by atoms with Crippen molar-refractivity contribution in [3.8, 4) is 0 Å². The van der Waals surface area contributed by atoms with E-state index in [1.807, 2.05) is 18.2 Å². The van der Waals surface area contributed by atoms with Crippen molar-refractivity contribution in [2.24, 2.45) is 11.1 Å². The van der Waals surface area contributed by atoms with E-state index < -0.39 is 0 Å². The third-order valence-electron chi connectivity index (χ3n) is 5.57. The minimum Gasteiger partial charge on any atom is -0.411 e. The Kier molecular flexibility index (Phi) is 5.31. The van der Waals surface area contributed by atoms with Gasteiger partial charge in [-0.15, -0.1) is 0 Å². The topological polar surface area (TPSA) is 49.2 Å². The predicted octanol–water partition coefficient (Wildman–Crippen LogP) is 4.13. The van der Waals surface area contributed by atoms with Crippen LogP contribution in [-0.4, -0.2) is 10.9 Å². The summed E-state index contributed by atoms with van der Waals surface area (Å²) in [6.45, 7) is 0. The first-order valence-corrected chi connectivity index (χ1v) is 9.55. The van der Waals surface area contributed by atoms with Crippen molar-refractivity contribution in [1.29, 1.82) is 0 Å². The zero-order valence-electron chi connectivity index (χ0n) is 15.3. The molecule has 3 aromatic carbocycles. The van der Waals surface area contributed by atoms with Crippen molar-refractivity contribution in [3.63, 3.8) is 0 Å². The number of nitrogens with two attached hydrogens (primary N) is 1. The number of quaternary nitrogens is 1. The number of piperidine rings is 1. The minimum atomic E-state index is 0.166. The van der Waals surface area contributed by atoms with Gasteiger partial charge in [0.05, 0.1) is 11.6 Å². The molecule has 0 aliphatic carbocycles. The summed E-state index contributed by atoms with van der Waals surface area (Å²) in [4.78, 5) is 0. The van der Waals surface area contributed by atoms with Crippen LogP contribution >= 0.6 is 0 Å². The van der Waals surface area contributed by atoms with Crippen LogP contribution in [0.1, 0.15) is 35.2 Å². The monoisotopic (exact) mass is 357 g/mol. The summed E-state index contributed by atoms with van der Waals surface area (Å²) in [5, 5.41) is 16.1. The zero-order chi connectivity index (χ0) is 18.5. The Bertz CT molecular complexity index is 878. The summed E-state index contributed by atoms with van der Waals surface area (Å²) in [5.74, 6) is 0.166. The maximum atomic E-state index is 9.84. The van der Waals surface area contributed by atoms with Crippen LogP contribution in [0.5, 0.6) is 0 Å². The van der Waals surface area contributed by atoms with Gasteiger partial charge in [-0.1, -0.05) is 96.2 Å². The van der Waals surface area contributed by atoms with Crippen LogP contribution in [0.2, 0.25) is 0 Å². The fraction of sp³-hybridized carbons (Fsp3) is 0.208. The molecule has 0 unspecified atom stereocenters. The van der Waals surface area contributed by atoms with Crippen LogP contribution < -0.4 is 5.32 Å². The SMILES string of the molecule is O/N=C1/C[C@@H](c2ccccc2)[NH2+][C@H](c2ccccc2)[C@@H]1Cc1ccccc1. The van der Waals surface area contributed by atoms with Gasteiger partial charge in [-0.2, -0.15) is 0 Å². The van der Waals surface area contributed by atoms with E-state index in [-0.39, 0.29) is 18.0 Å². The van der Waals surface area contributed by atoms with Gasteiger partial charge >= 0.3 is 0 Å². The average Bonchev–Trinajstić information content (AvgIpc) is 2.76. The fourth-order valence-corrected chi connectivity index (χ4v) is 4.21. The summed E-state index contributed by atoms with van der Waals surface area (Å²) in [7, 11) is 0. The van der Waals surface area contributed by atoms with Gasteiger partial charge in [-0.3, -0.25) is 0 Å². The number of hydrogen-bond acceptors (Lipinski definition) is 2. The quantitative estimate of drug-likeness (QED) is 0.535. The first kappa shape index (κ1) is 17.5. The number of rotatable bonds is 4. The number of nitrogens with zero attached hydrogens (tertiary/aromatic N) is 1.